The van der Waals surface area contributed by atoms with Crippen molar-refractivity contribution in [3.8, 4) is 0 Å². The van der Waals surface area contributed by atoms with Crippen molar-refractivity contribution in [2.24, 2.45) is 11.1 Å². The lowest BCUT2D eigenvalue weighted by atomic mass is 9.91. The van der Waals surface area contributed by atoms with Gasteiger partial charge in [-0.3, -0.25) is 4.79 Å². The van der Waals surface area contributed by atoms with Gasteiger partial charge in [-0.05, 0) is 20.3 Å². The molecule has 0 aliphatic carbocycles. The Hall–Kier alpha value is -0.690. The van der Waals surface area contributed by atoms with Crippen molar-refractivity contribution in [3.63, 3.8) is 0 Å². The van der Waals surface area contributed by atoms with Crippen molar-refractivity contribution < 1.29 is 24.1 Å². The van der Waals surface area contributed by atoms with Crippen LogP contribution in [0.1, 0.15) is 27.2 Å². The van der Waals surface area contributed by atoms with Gasteiger partial charge in [0.15, 0.2) is 0 Å². The molecule has 0 rings (SSSR count). The second kappa shape index (κ2) is 8.41. The summed E-state index contributed by atoms with van der Waals surface area (Å²) in [6.45, 7) is 5.55. The molecule has 1 unspecified atom stereocenters. The van der Waals surface area contributed by atoms with Gasteiger partial charge in [0.25, 0.3) is 0 Å². The van der Waals surface area contributed by atoms with Crippen LogP contribution < -0.4 is 5.73 Å². The molecular weight excluding hydrogens is 226 g/mol. The van der Waals surface area contributed by atoms with E-state index < -0.39 is 11.5 Å². The average Bonchev–Trinajstić information content (AvgIpc) is 2.31. The Morgan fingerprint density at radius 3 is 2.53 bits per heavy atom. The number of esters is 1. The third-order valence-electron chi connectivity index (χ3n) is 2.44. The molecule has 1 atom stereocenters. The molecule has 6 heteroatoms. The van der Waals surface area contributed by atoms with Gasteiger partial charge in [0, 0.05) is 0 Å². The van der Waals surface area contributed by atoms with Crippen LogP contribution in [-0.2, 0) is 19.0 Å². The van der Waals surface area contributed by atoms with Gasteiger partial charge in [0.05, 0.1) is 18.8 Å². The van der Waals surface area contributed by atoms with Gasteiger partial charge in [-0.1, -0.05) is 6.92 Å². The SMILES string of the molecule is CCC(C)(C)C(=O)OCC(O)COCOCN. The first-order valence-electron chi connectivity index (χ1n) is 5.65. The zero-order valence-electron chi connectivity index (χ0n) is 10.8. The van der Waals surface area contributed by atoms with E-state index in [1.54, 1.807) is 13.8 Å². The van der Waals surface area contributed by atoms with Crippen LogP contribution in [0.15, 0.2) is 0 Å². The fourth-order valence-electron chi connectivity index (χ4n) is 0.851. The Bertz CT molecular complexity index is 220. The van der Waals surface area contributed by atoms with Crippen LogP contribution in [0.2, 0.25) is 0 Å². The van der Waals surface area contributed by atoms with E-state index in [9.17, 15) is 9.90 Å². The number of aliphatic hydroxyl groups is 1. The molecule has 102 valence electrons. The molecule has 0 spiro atoms. The summed E-state index contributed by atoms with van der Waals surface area (Å²) in [5.74, 6) is -0.322. The number of aliphatic hydroxyl groups excluding tert-OH is 1. The van der Waals surface area contributed by atoms with E-state index in [4.69, 9.17) is 19.9 Å². The predicted octanol–water partition coefficient (Wildman–Crippen LogP) is 0.234. The number of rotatable bonds is 9. The minimum atomic E-state index is -0.854. The molecule has 0 bridgehead atoms. The van der Waals surface area contributed by atoms with Gasteiger partial charge < -0.3 is 25.1 Å². The molecule has 6 nitrogen and oxygen atoms in total. The summed E-state index contributed by atoms with van der Waals surface area (Å²) in [6.07, 6.45) is -0.170. The van der Waals surface area contributed by atoms with Gasteiger partial charge in [-0.25, -0.2) is 0 Å². The van der Waals surface area contributed by atoms with E-state index in [-0.39, 0.29) is 32.7 Å². The summed E-state index contributed by atoms with van der Waals surface area (Å²) < 4.78 is 14.6. The molecule has 0 aliphatic heterocycles. The molecule has 3 N–H and O–H groups in total. The van der Waals surface area contributed by atoms with Crippen LogP contribution in [0.25, 0.3) is 0 Å². The smallest absolute Gasteiger partial charge is 0.311 e. The van der Waals surface area contributed by atoms with Crippen LogP contribution in [0.3, 0.4) is 0 Å². The second-order valence-electron chi connectivity index (χ2n) is 4.35. The van der Waals surface area contributed by atoms with Crippen LogP contribution in [0, 0.1) is 5.41 Å². The lowest BCUT2D eigenvalue weighted by Crippen LogP contribution is -2.31. The first-order chi connectivity index (χ1) is 7.94. The molecule has 0 fully saturated rings. The van der Waals surface area contributed by atoms with E-state index in [0.717, 1.165) is 0 Å². The van der Waals surface area contributed by atoms with E-state index in [0.29, 0.717) is 6.42 Å². The van der Waals surface area contributed by atoms with E-state index in [2.05, 4.69) is 0 Å². The van der Waals surface area contributed by atoms with Crippen molar-refractivity contribution in [2.45, 2.75) is 33.3 Å². The Balaban J connectivity index is 3.69. The van der Waals surface area contributed by atoms with Gasteiger partial charge in [-0.15, -0.1) is 0 Å². The van der Waals surface area contributed by atoms with Gasteiger partial charge in [0.2, 0.25) is 0 Å². The highest BCUT2D eigenvalue weighted by Crippen LogP contribution is 2.21. The third kappa shape index (κ3) is 7.27. The minimum Gasteiger partial charge on any atom is -0.462 e. The Morgan fingerprint density at radius 2 is 2.00 bits per heavy atom. The van der Waals surface area contributed by atoms with Crippen LogP contribution in [0.4, 0.5) is 0 Å². The Labute approximate surface area is 102 Å². The quantitative estimate of drug-likeness (QED) is 0.345. The maximum atomic E-state index is 11.6. The lowest BCUT2D eigenvalue weighted by Gasteiger charge is -2.21. The Kier molecular flexibility index (Phi) is 8.07. The predicted molar refractivity (Wildman–Crippen MR) is 62.0 cm³/mol. The summed E-state index contributed by atoms with van der Waals surface area (Å²) in [6, 6.07) is 0. The summed E-state index contributed by atoms with van der Waals surface area (Å²) in [5, 5.41) is 9.45. The van der Waals surface area contributed by atoms with Gasteiger partial charge in [-0.2, -0.15) is 0 Å². The number of carbonyl (C=O) groups excluding carboxylic acids is 1. The monoisotopic (exact) mass is 249 g/mol. The van der Waals surface area contributed by atoms with Crippen LogP contribution >= 0.6 is 0 Å². The van der Waals surface area contributed by atoms with E-state index in [1.165, 1.54) is 0 Å². The maximum absolute atomic E-state index is 11.6. The standard InChI is InChI=1S/C11H23NO5/c1-4-11(2,3)10(14)17-6-9(13)5-15-8-16-7-12/h9,13H,4-8,12H2,1-3H3. The largest absolute Gasteiger partial charge is 0.462 e. The van der Waals surface area contributed by atoms with Gasteiger partial charge >= 0.3 is 5.97 Å². The summed E-state index contributed by atoms with van der Waals surface area (Å²) >= 11 is 0. The van der Waals surface area contributed by atoms with Gasteiger partial charge in [0.1, 0.15) is 19.5 Å². The number of nitrogens with two attached hydrogens (primary N) is 1. The fourth-order valence-corrected chi connectivity index (χ4v) is 0.851. The lowest BCUT2D eigenvalue weighted by molar-refractivity contribution is -0.159. The number of carbonyl (C=O) groups is 1. The van der Waals surface area contributed by atoms with Crippen molar-refractivity contribution in [1.82, 2.24) is 0 Å². The first kappa shape index (κ1) is 16.3. The fraction of sp³-hybridized carbons (Fsp3) is 0.909. The molecule has 0 aromatic rings. The number of hydrogen-bond donors (Lipinski definition) is 2. The number of hydrogen-bond acceptors (Lipinski definition) is 6. The summed E-state index contributed by atoms with van der Waals surface area (Å²) in [7, 11) is 0. The van der Waals surface area contributed by atoms with Crippen LogP contribution in [-0.4, -0.2) is 43.9 Å². The number of ether oxygens (including phenoxy) is 3. The zero-order valence-corrected chi connectivity index (χ0v) is 10.8. The van der Waals surface area contributed by atoms with E-state index in [1.807, 2.05) is 6.92 Å². The second-order valence-corrected chi connectivity index (χ2v) is 4.35. The van der Waals surface area contributed by atoms with Crippen molar-refractivity contribution in [2.75, 3.05) is 26.7 Å². The highest BCUT2D eigenvalue weighted by atomic mass is 16.7. The maximum Gasteiger partial charge on any atom is 0.311 e. The molecule has 0 heterocycles. The Morgan fingerprint density at radius 1 is 1.35 bits per heavy atom. The highest BCUT2D eigenvalue weighted by Gasteiger charge is 2.27. The molecule has 0 amide bonds. The zero-order chi connectivity index (χ0) is 13.3. The van der Waals surface area contributed by atoms with E-state index >= 15 is 0 Å². The molecule has 0 aromatic carbocycles. The molecule has 0 radical (unpaired) electrons. The summed E-state index contributed by atoms with van der Waals surface area (Å²) in [5.41, 5.74) is 4.55. The molecule has 0 aliphatic rings. The summed E-state index contributed by atoms with van der Waals surface area (Å²) in [4.78, 5) is 11.6. The first-order valence-corrected chi connectivity index (χ1v) is 5.65. The average molecular weight is 249 g/mol. The van der Waals surface area contributed by atoms with Crippen molar-refractivity contribution in [3.05, 3.63) is 0 Å². The highest BCUT2D eigenvalue weighted by molar-refractivity contribution is 5.75. The molecule has 0 saturated heterocycles. The molecule has 0 aromatic heterocycles. The normalized spacial score (nSPS) is 13.5. The topological polar surface area (TPSA) is 91.0 Å². The molecular formula is C11H23NO5. The third-order valence-corrected chi connectivity index (χ3v) is 2.44. The molecule has 0 saturated carbocycles. The van der Waals surface area contributed by atoms with Crippen molar-refractivity contribution in [1.29, 1.82) is 0 Å². The molecule has 17 heavy (non-hydrogen) atoms. The van der Waals surface area contributed by atoms with Crippen LogP contribution in [0.5, 0.6) is 0 Å². The van der Waals surface area contributed by atoms with Crippen molar-refractivity contribution >= 4 is 5.97 Å². The minimum absolute atomic E-state index is 0.0158.